The quantitative estimate of drug-likeness (QED) is 0.802. The van der Waals surface area contributed by atoms with Crippen LogP contribution in [-0.2, 0) is 6.42 Å². The zero-order valence-corrected chi connectivity index (χ0v) is 16.3. The highest BCUT2D eigenvalue weighted by Gasteiger charge is 2.33. The van der Waals surface area contributed by atoms with Gasteiger partial charge in [-0.05, 0) is 62.6 Å². The zero-order chi connectivity index (χ0) is 18.6. The summed E-state index contributed by atoms with van der Waals surface area (Å²) < 4.78 is 5.39. The third-order valence-electron chi connectivity index (χ3n) is 6.42. The van der Waals surface area contributed by atoms with E-state index >= 15 is 0 Å². The minimum Gasteiger partial charge on any atom is -0.459 e. The number of hydrogen-bond acceptors (Lipinski definition) is 3. The van der Waals surface area contributed by atoms with E-state index in [1.165, 1.54) is 25.1 Å². The van der Waals surface area contributed by atoms with Crippen molar-refractivity contribution in [2.75, 3.05) is 32.7 Å². The SMILES string of the molecule is Cc1ccoc1C(=O)N1CCC(C2CCN(CCc3ccccc3)C2)CC1. The molecule has 0 radical (unpaired) electrons. The van der Waals surface area contributed by atoms with Crippen LogP contribution in [0.4, 0.5) is 0 Å². The molecule has 2 aliphatic rings. The van der Waals surface area contributed by atoms with Crippen LogP contribution in [0.5, 0.6) is 0 Å². The highest BCUT2D eigenvalue weighted by molar-refractivity contribution is 5.92. The molecule has 2 aromatic rings. The van der Waals surface area contributed by atoms with Crippen LogP contribution in [0.1, 0.15) is 40.9 Å². The van der Waals surface area contributed by atoms with Gasteiger partial charge in [0.2, 0.25) is 0 Å². The molecular weight excluding hydrogens is 336 g/mol. The molecule has 0 spiro atoms. The summed E-state index contributed by atoms with van der Waals surface area (Å²) in [6.07, 6.45) is 6.32. The molecule has 4 nitrogen and oxygen atoms in total. The van der Waals surface area contributed by atoms with Crippen LogP contribution >= 0.6 is 0 Å². The van der Waals surface area contributed by atoms with Crippen molar-refractivity contribution < 1.29 is 9.21 Å². The van der Waals surface area contributed by atoms with Gasteiger partial charge in [-0.25, -0.2) is 0 Å². The number of carbonyl (C=O) groups excluding carboxylic acids is 1. The van der Waals surface area contributed by atoms with Gasteiger partial charge >= 0.3 is 0 Å². The minimum atomic E-state index is 0.0619. The molecule has 0 saturated carbocycles. The lowest BCUT2D eigenvalue weighted by atomic mass is 9.83. The van der Waals surface area contributed by atoms with Crippen LogP contribution in [0.2, 0.25) is 0 Å². The summed E-state index contributed by atoms with van der Waals surface area (Å²) in [5.74, 6) is 2.13. The molecule has 2 fully saturated rings. The second-order valence-corrected chi connectivity index (χ2v) is 8.15. The van der Waals surface area contributed by atoms with Crippen molar-refractivity contribution >= 4 is 5.91 Å². The highest BCUT2D eigenvalue weighted by atomic mass is 16.3. The summed E-state index contributed by atoms with van der Waals surface area (Å²) in [7, 11) is 0. The van der Waals surface area contributed by atoms with E-state index < -0.39 is 0 Å². The van der Waals surface area contributed by atoms with Crippen LogP contribution < -0.4 is 0 Å². The lowest BCUT2D eigenvalue weighted by molar-refractivity contribution is 0.0627. The second-order valence-electron chi connectivity index (χ2n) is 8.15. The Balaban J connectivity index is 1.23. The van der Waals surface area contributed by atoms with Gasteiger partial charge in [0.15, 0.2) is 5.76 Å². The molecule has 4 rings (SSSR count). The van der Waals surface area contributed by atoms with Crippen molar-refractivity contribution in [3.8, 4) is 0 Å². The fourth-order valence-corrected chi connectivity index (χ4v) is 4.69. The molecule has 3 heterocycles. The van der Waals surface area contributed by atoms with E-state index in [2.05, 4.69) is 35.2 Å². The Labute approximate surface area is 162 Å². The van der Waals surface area contributed by atoms with Crippen LogP contribution in [0, 0.1) is 18.8 Å². The molecule has 2 saturated heterocycles. The maximum Gasteiger partial charge on any atom is 0.289 e. The monoisotopic (exact) mass is 366 g/mol. The summed E-state index contributed by atoms with van der Waals surface area (Å²) in [4.78, 5) is 17.2. The lowest BCUT2D eigenvalue weighted by Crippen LogP contribution is -2.40. The molecule has 27 heavy (non-hydrogen) atoms. The Morgan fingerprint density at radius 3 is 2.48 bits per heavy atom. The van der Waals surface area contributed by atoms with E-state index in [4.69, 9.17) is 4.42 Å². The van der Waals surface area contributed by atoms with Gasteiger partial charge in [-0.3, -0.25) is 4.79 Å². The fourth-order valence-electron chi connectivity index (χ4n) is 4.69. The van der Waals surface area contributed by atoms with E-state index in [0.717, 1.165) is 56.3 Å². The van der Waals surface area contributed by atoms with Crippen LogP contribution in [0.25, 0.3) is 0 Å². The molecule has 1 aromatic heterocycles. The number of aryl methyl sites for hydroxylation is 1. The molecule has 4 heteroatoms. The van der Waals surface area contributed by atoms with Gasteiger partial charge in [0.1, 0.15) is 0 Å². The van der Waals surface area contributed by atoms with Gasteiger partial charge in [0.25, 0.3) is 5.91 Å². The fraction of sp³-hybridized carbons (Fsp3) is 0.522. The molecule has 0 aliphatic carbocycles. The Hall–Kier alpha value is -2.07. The van der Waals surface area contributed by atoms with Crippen molar-refractivity contribution in [3.63, 3.8) is 0 Å². The molecule has 1 aromatic carbocycles. The number of rotatable bonds is 5. The first-order valence-electron chi connectivity index (χ1n) is 10.3. The largest absolute Gasteiger partial charge is 0.459 e. The van der Waals surface area contributed by atoms with Crippen molar-refractivity contribution in [1.29, 1.82) is 0 Å². The van der Waals surface area contributed by atoms with E-state index in [9.17, 15) is 4.79 Å². The number of piperidine rings is 1. The van der Waals surface area contributed by atoms with Crippen molar-refractivity contribution in [2.45, 2.75) is 32.6 Å². The average molecular weight is 367 g/mol. The molecule has 0 bridgehead atoms. The molecule has 1 atom stereocenters. The second kappa shape index (κ2) is 8.30. The first-order valence-corrected chi connectivity index (χ1v) is 10.3. The van der Waals surface area contributed by atoms with Gasteiger partial charge in [-0.15, -0.1) is 0 Å². The van der Waals surface area contributed by atoms with Crippen molar-refractivity contribution in [3.05, 3.63) is 59.5 Å². The first-order chi connectivity index (χ1) is 13.2. The summed E-state index contributed by atoms with van der Waals surface area (Å²) >= 11 is 0. The number of amides is 1. The smallest absolute Gasteiger partial charge is 0.289 e. The van der Waals surface area contributed by atoms with Gasteiger partial charge < -0.3 is 14.2 Å². The lowest BCUT2D eigenvalue weighted by Gasteiger charge is -2.34. The third-order valence-corrected chi connectivity index (χ3v) is 6.42. The van der Waals surface area contributed by atoms with Crippen molar-refractivity contribution in [1.82, 2.24) is 9.80 Å². The molecule has 0 N–H and O–H groups in total. The summed E-state index contributed by atoms with van der Waals surface area (Å²) in [6.45, 7) is 7.28. The maximum absolute atomic E-state index is 12.6. The van der Waals surface area contributed by atoms with E-state index in [1.807, 2.05) is 17.9 Å². The zero-order valence-electron chi connectivity index (χ0n) is 16.3. The van der Waals surface area contributed by atoms with Crippen LogP contribution in [0.15, 0.2) is 47.1 Å². The number of benzene rings is 1. The normalized spacial score (nSPS) is 21.7. The Bertz CT molecular complexity index is 747. The Morgan fingerprint density at radius 2 is 1.78 bits per heavy atom. The van der Waals surface area contributed by atoms with E-state index in [1.54, 1.807) is 6.26 Å². The van der Waals surface area contributed by atoms with Crippen molar-refractivity contribution in [2.24, 2.45) is 11.8 Å². The number of furan rings is 1. The molecule has 1 amide bonds. The third kappa shape index (κ3) is 4.27. The van der Waals surface area contributed by atoms with Gasteiger partial charge in [-0.1, -0.05) is 30.3 Å². The molecule has 144 valence electrons. The first kappa shape index (κ1) is 18.3. The van der Waals surface area contributed by atoms with Gasteiger partial charge in [0.05, 0.1) is 6.26 Å². The average Bonchev–Trinajstić information content (AvgIpc) is 3.36. The van der Waals surface area contributed by atoms with E-state index in [-0.39, 0.29) is 5.91 Å². The number of hydrogen-bond donors (Lipinski definition) is 0. The maximum atomic E-state index is 12.6. The minimum absolute atomic E-state index is 0.0619. The molecular formula is C23H30N2O2. The number of likely N-dealkylation sites (tertiary alicyclic amines) is 2. The molecule has 2 aliphatic heterocycles. The van der Waals surface area contributed by atoms with Gasteiger partial charge in [-0.2, -0.15) is 0 Å². The summed E-state index contributed by atoms with van der Waals surface area (Å²) in [6, 6.07) is 12.6. The van der Waals surface area contributed by atoms with E-state index in [0.29, 0.717) is 5.76 Å². The highest BCUT2D eigenvalue weighted by Crippen LogP contribution is 2.32. The summed E-state index contributed by atoms with van der Waals surface area (Å²) in [5, 5.41) is 0. The Morgan fingerprint density at radius 1 is 1.04 bits per heavy atom. The standard InChI is InChI=1S/C23H30N2O2/c1-18-11-16-27-22(18)23(26)25-14-9-20(10-15-25)21-8-13-24(17-21)12-7-19-5-3-2-4-6-19/h2-6,11,16,20-21H,7-10,12-15,17H2,1H3. The van der Waals surface area contributed by atoms with Gasteiger partial charge in [0, 0.05) is 31.7 Å². The van der Waals surface area contributed by atoms with Crippen LogP contribution in [0.3, 0.4) is 0 Å². The van der Waals surface area contributed by atoms with Crippen LogP contribution in [-0.4, -0.2) is 48.4 Å². The number of carbonyl (C=O) groups is 1. The number of nitrogens with zero attached hydrogens (tertiary/aromatic N) is 2. The predicted octanol–water partition coefficient (Wildman–Crippen LogP) is 4.00. The topological polar surface area (TPSA) is 36.7 Å². The molecule has 1 unspecified atom stereocenters. The Kier molecular flexibility index (Phi) is 5.63. The predicted molar refractivity (Wildman–Crippen MR) is 107 cm³/mol. The summed E-state index contributed by atoms with van der Waals surface area (Å²) in [5.41, 5.74) is 2.37.